The number of hydrogen-bond acceptors (Lipinski definition) is 3. The smallest absolute Gasteiger partial charge is 0.255 e. The van der Waals surface area contributed by atoms with E-state index in [0.29, 0.717) is 17.9 Å². The van der Waals surface area contributed by atoms with Crippen molar-refractivity contribution in [1.29, 1.82) is 0 Å². The van der Waals surface area contributed by atoms with Gasteiger partial charge in [0.15, 0.2) is 0 Å². The topological polar surface area (TPSA) is 58.6 Å². The third-order valence-electron chi connectivity index (χ3n) is 2.97. The summed E-state index contributed by atoms with van der Waals surface area (Å²) < 4.78 is 5.40. The van der Waals surface area contributed by atoms with Crippen molar-refractivity contribution in [3.63, 3.8) is 0 Å². The first-order valence-electron chi connectivity index (χ1n) is 5.86. The maximum absolute atomic E-state index is 12.1. The molecule has 1 aliphatic rings. The summed E-state index contributed by atoms with van der Waals surface area (Å²) in [5.74, 6) is 0.404. The summed E-state index contributed by atoms with van der Waals surface area (Å²) in [5.41, 5.74) is 0.130. The number of benzene rings is 1. The number of hydrogen-bond donors (Lipinski definition) is 2. The van der Waals surface area contributed by atoms with Gasteiger partial charge in [0, 0.05) is 0 Å². The van der Waals surface area contributed by atoms with Crippen LogP contribution in [-0.2, 0) is 0 Å². The summed E-state index contributed by atoms with van der Waals surface area (Å²) >= 11 is 0. The van der Waals surface area contributed by atoms with Crippen LogP contribution in [0.25, 0.3) is 0 Å². The molecule has 0 heterocycles. The molecular weight excluding hydrogens is 218 g/mol. The minimum atomic E-state index is -0.392. The first-order valence-corrected chi connectivity index (χ1v) is 5.86. The highest BCUT2D eigenvalue weighted by atomic mass is 16.5. The molecule has 17 heavy (non-hydrogen) atoms. The summed E-state index contributed by atoms with van der Waals surface area (Å²) in [5, 5.41) is 12.0. The summed E-state index contributed by atoms with van der Waals surface area (Å²) in [7, 11) is 0. The molecule has 1 aliphatic carbocycles. The molecular formula is C13H17NO3. The molecule has 0 unspecified atom stereocenters. The number of para-hydroxylation sites is 1. The number of carbonyl (C=O) groups excluding carboxylic acids is 1. The van der Waals surface area contributed by atoms with Crippen molar-refractivity contribution >= 4 is 5.91 Å². The Morgan fingerprint density at radius 3 is 2.76 bits per heavy atom. The number of nitrogens with one attached hydrogen (secondary N) is 1. The Morgan fingerprint density at radius 2 is 2.18 bits per heavy atom. The number of rotatable bonds is 5. The van der Waals surface area contributed by atoms with E-state index < -0.39 is 5.54 Å². The molecule has 0 saturated heterocycles. The zero-order chi connectivity index (χ0) is 12.3. The Morgan fingerprint density at radius 1 is 1.47 bits per heavy atom. The van der Waals surface area contributed by atoms with Crippen molar-refractivity contribution in [3.8, 4) is 5.75 Å². The van der Waals surface area contributed by atoms with Crippen LogP contribution in [0.1, 0.15) is 30.1 Å². The lowest BCUT2D eigenvalue weighted by molar-refractivity contribution is 0.0903. The monoisotopic (exact) mass is 235 g/mol. The van der Waals surface area contributed by atoms with Crippen LogP contribution in [0, 0.1) is 0 Å². The molecule has 1 aromatic rings. The second-order valence-electron chi connectivity index (χ2n) is 4.32. The SMILES string of the molecule is CCOc1ccccc1C(=O)NC1(CO)CC1. The van der Waals surface area contributed by atoms with Crippen molar-refractivity contribution in [2.24, 2.45) is 0 Å². The highest BCUT2D eigenvalue weighted by Gasteiger charge is 2.43. The van der Waals surface area contributed by atoms with Crippen LogP contribution in [0.2, 0.25) is 0 Å². The lowest BCUT2D eigenvalue weighted by atomic mass is 10.1. The molecule has 2 rings (SSSR count). The minimum Gasteiger partial charge on any atom is -0.493 e. The molecule has 4 heteroatoms. The van der Waals surface area contributed by atoms with Gasteiger partial charge in [-0.05, 0) is 31.9 Å². The molecule has 0 aliphatic heterocycles. The van der Waals surface area contributed by atoms with Crippen LogP contribution in [0.4, 0.5) is 0 Å². The highest BCUT2D eigenvalue weighted by molar-refractivity contribution is 5.97. The van der Waals surface area contributed by atoms with Crippen LogP contribution in [-0.4, -0.2) is 29.8 Å². The Hall–Kier alpha value is -1.55. The van der Waals surface area contributed by atoms with Gasteiger partial charge >= 0.3 is 0 Å². The van der Waals surface area contributed by atoms with E-state index in [1.54, 1.807) is 18.2 Å². The molecule has 0 atom stereocenters. The molecule has 1 fully saturated rings. The number of carbonyl (C=O) groups is 1. The first kappa shape index (κ1) is 11.9. The van der Waals surface area contributed by atoms with Crippen LogP contribution < -0.4 is 10.1 Å². The van der Waals surface area contributed by atoms with Crippen molar-refractivity contribution in [2.75, 3.05) is 13.2 Å². The summed E-state index contributed by atoms with van der Waals surface area (Å²) in [6, 6.07) is 7.14. The molecule has 0 aromatic heterocycles. The van der Waals surface area contributed by atoms with Gasteiger partial charge in [-0.25, -0.2) is 0 Å². The molecule has 92 valence electrons. The van der Waals surface area contributed by atoms with Crippen LogP contribution in [0.15, 0.2) is 24.3 Å². The fourth-order valence-electron chi connectivity index (χ4n) is 1.72. The lowest BCUT2D eigenvalue weighted by Gasteiger charge is -2.16. The van der Waals surface area contributed by atoms with Gasteiger partial charge in [0.25, 0.3) is 5.91 Å². The van der Waals surface area contributed by atoms with Crippen molar-refractivity contribution < 1.29 is 14.6 Å². The van der Waals surface area contributed by atoms with Crippen LogP contribution in [0.3, 0.4) is 0 Å². The van der Waals surface area contributed by atoms with E-state index in [-0.39, 0.29) is 12.5 Å². The first-order chi connectivity index (χ1) is 8.21. The second-order valence-corrected chi connectivity index (χ2v) is 4.32. The lowest BCUT2D eigenvalue weighted by Crippen LogP contribution is -2.39. The van der Waals surface area contributed by atoms with Crippen molar-refractivity contribution in [1.82, 2.24) is 5.32 Å². The van der Waals surface area contributed by atoms with E-state index in [4.69, 9.17) is 4.74 Å². The fraction of sp³-hybridized carbons (Fsp3) is 0.462. The number of amides is 1. The van der Waals surface area contributed by atoms with Gasteiger partial charge < -0.3 is 15.2 Å². The maximum atomic E-state index is 12.1. The second kappa shape index (κ2) is 4.75. The fourth-order valence-corrected chi connectivity index (χ4v) is 1.72. The predicted molar refractivity (Wildman–Crippen MR) is 64.1 cm³/mol. The Bertz CT molecular complexity index is 413. The minimum absolute atomic E-state index is 0.00442. The van der Waals surface area contributed by atoms with Crippen LogP contribution >= 0.6 is 0 Å². The third kappa shape index (κ3) is 2.58. The molecule has 4 nitrogen and oxygen atoms in total. The molecule has 1 aromatic carbocycles. The molecule has 0 spiro atoms. The third-order valence-corrected chi connectivity index (χ3v) is 2.97. The number of aliphatic hydroxyl groups excluding tert-OH is 1. The van der Waals surface area contributed by atoms with E-state index in [1.807, 2.05) is 13.0 Å². The summed E-state index contributed by atoms with van der Waals surface area (Å²) in [4.78, 5) is 12.1. The van der Waals surface area contributed by atoms with Gasteiger partial charge in [-0.3, -0.25) is 4.79 Å². The Labute approximate surface area is 101 Å². The van der Waals surface area contributed by atoms with E-state index in [2.05, 4.69) is 5.32 Å². The largest absolute Gasteiger partial charge is 0.493 e. The maximum Gasteiger partial charge on any atom is 0.255 e. The molecule has 0 bridgehead atoms. The van der Waals surface area contributed by atoms with Gasteiger partial charge in [-0.15, -0.1) is 0 Å². The van der Waals surface area contributed by atoms with Gasteiger partial charge in [0.05, 0.1) is 24.3 Å². The highest BCUT2D eigenvalue weighted by Crippen LogP contribution is 2.35. The van der Waals surface area contributed by atoms with Gasteiger partial charge in [0.2, 0.25) is 0 Å². The van der Waals surface area contributed by atoms with Crippen molar-refractivity contribution in [3.05, 3.63) is 29.8 Å². The number of ether oxygens (including phenoxy) is 1. The average molecular weight is 235 g/mol. The Balaban J connectivity index is 2.13. The van der Waals surface area contributed by atoms with E-state index >= 15 is 0 Å². The number of aliphatic hydroxyl groups is 1. The zero-order valence-corrected chi connectivity index (χ0v) is 9.90. The van der Waals surface area contributed by atoms with Crippen LogP contribution in [0.5, 0.6) is 5.75 Å². The normalized spacial score (nSPS) is 16.4. The molecule has 1 amide bonds. The summed E-state index contributed by atoms with van der Waals surface area (Å²) in [6.07, 6.45) is 1.68. The summed E-state index contributed by atoms with van der Waals surface area (Å²) in [6.45, 7) is 2.40. The van der Waals surface area contributed by atoms with Crippen molar-refractivity contribution in [2.45, 2.75) is 25.3 Å². The quantitative estimate of drug-likeness (QED) is 0.809. The van der Waals surface area contributed by atoms with E-state index in [9.17, 15) is 9.90 Å². The zero-order valence-electron chi connectivity index (χ0n) is 9.90. The molecule has 0 radical (unpaired) electrons. The molecule has 1 saturated carbocycles. The van der Waals surface area contributed by atoms with E-state index in [0.717, 1.165) is 12.8 Å². The Kier molecular flexibility index (Phi) is 3.33. The van der Waals surface area contributed by atoms with Gasteiger partial charge in [-0.1, -0.05) is 12.1 Å². The van der Waals surface area contributed by atoms with E-state index in [1.165, 1.54) is 0 Å². The average Bonchev–Trinajstić information content (AvgIpc) is 3.10. The van der Waals surface area contributed by atoms with Gasteiger partial charge in [-0.2, -0.15) is 0 Å². The van der Waals surface area contributed by atoms with Gasteiger partial charge in [0.1, 0.15) is 5.75 Å². The standard InChI is InChI=1S/C13H17NO3/c1-2-17-11-6-4-3-5-10(11)12(16)14-13(9-15)7-8-13/h3-6,15H,2,7-9H2,1H3,(H,14,16). The predicted octanol–water partition coefficient (Wildman–Crippen LogP) is 1.34. The molecule has 2 N–H and O–H groups in total.